The molecule has 0 fully saturated rings. The van der Waals surface area contributed by atoms with E-state index in [0.717, 1.165) is 18.5 Å². The largest absolute Gasteiger partial charge is 0.507 e. The second-order valence-corrected chi connectivity index (χ2v) is 4.50. The number of rotatable bonds is 5. The SMILES string of the molecule is CCC(CC)N(C)c1ccc(C(C)O)c(O)c1. The number of aliphatic hydroxyl groups excluding tert-OH is 1. The predicted octanol–water partition coefficient (Wildman–Crippen LogP) is 3.07. The number of anilines is 1. The second-order valence-electron chi connectivity index (χ2n) is 4.50. The zero-order valence-electron chi connectivity index (χ0n) is 11.1. The highest BCUT2D eigenvalue weighted by Gasteiger charge is 2.14. The molecule has 0 saturated heterocycles. The summed E-state index contributed by atoms with van der Waals surface area (Å²) in [6, 6.07) is 5.93. The van der Waals surface area contributed by atoms with Crippen LogP contribution in [0.5, 0.6) is 5.75 Å². The Kier molecular flexibility index (Phi) is 4.82. The number of aromatic hydroxyl groups is 1. The summed E-state index contributed by atoms with van der Waals surface area (Å²) in [5, 5.41) is 19.3. The Morgan fingerprint density at radius 1 is 1.24 bits per heavy atom. The van der Waals surface area contributed by atoms with Crippen molar-refractivity contribution >= 4 is 5.69 Å². The average Bonchev–Trinajstić information content (AvgIpc) is 2.29. The molecule has 0 aliphatic rings. The molecule has 17 heavy (non-hydrogen) atoms. The van der Waals surface area contributed by atoms with E-state index in [1.165, 1.54) is 0 Å². The minimum absolute atomic E-state index is 0.162. The molecule has 0 bridgehead atoms. The van der Waals surface area contributed by atoms with Crippen LogP contribution in [0, 0.1) is 0 Å². The van der Waals surface area contributed by atoms with Crippen LogP contribution in [-0.4, -0.2) is 23.3 Å². The zero-order valence-corrected chi connectivity index (χ0v) is 11.1. The summed E-state index contributed by atoms with van der Waals surface area (Å²) >= 11 is 0. The maximum absolute atomic E-state index is 9.85. The van der Waals surface area contributed by atoms with Crippen LogP contribution in [0.4, 0.5) is 5.69 Å². The van der Waals surface area contributed by atoms with Gasteiger partial charge in [0.2, 0.25) is 0 Å². The fourth-order valence-corrected chi connectivity index (χ4v) is 2.15. The molecule has 1 atom stereocenters. The van der Waals surface area contributed by atoms with E-state index in [1.807, 2.05) is 13.1 Å². The highest BCUT2D eigenvalue weighted by molar-refractivity contribution is 5.54. The molecule has 0 spiro atoms. The van der Waals surface area contributed by atoms with E-state index in [0.29, 0.717) is 11.6 Å². The molecule has 0 aliphatic heterocycles. The number of aliphatic hydroxyl groups is 1. The van der Waals surface area contributed by atoms with E-state index in [1.54, 1.807) is 19.1 Å². The highest BCUT2D eigenvalue weighted by atomic mass is 16.3. The molecule has 0 radical (unpaired) electrons. The van der Waals surface area contributed by atoms with Gasteiger partial charge in [0, 0.05) is 30.4 Å². The molecule has 1 rings (SSSR count). The van der Waals surface area contributed by atoms with Crippen LogP contribution in [-0.2, 0) is 0 Å². The van der Waals surface area contributed by atoms with Gasteiger partial charge in [-0.1, -0.05) is 19.9 Å². The average molecular weight is 237 g/mol. The smallest absolute Gasteiger partial charge is 0.123 e. The number of hydrogen-bond acceptors (Lipinski definition) is 3. The second kappa shape index (κ2) is 5.92. The van der Waals surface area contributed by atoms with E-state index in [9.17, 15) is 10.2 Å². The van der Waals surface area contributed by atoms with Crippen molar-refractivity contribution in [3.63, 3.8) is 0 Å². The van der Waals surface area contributed by atoms with Crippen molar-refractivity contribution in [3.05, 3.63) is 23.8 Å². The molecule has 1 unspecified atom stereocenters. The van der Waals surface area contributed by atoms with Gasteiger partial charge in [-0.05, 0) is 25.8 Å². The van der Waals surface area contributed by atoms with Gasteiger partial charge in [-0.2, -0.15) is 0 Å². The van der Waals surface area contributed by atoms with E-state index in [2.05, 4.69) is 18.7 Å². The van der Waals surface area contributed by atoms with Crippen molar-refractivity contribution in [1.82, 2.24) is 0 Å². The molecule has 0 amide bonds. The van der Waals surface area contributed by atoms with Crippen molar-refractivity contribution in [3.8, 4) is 5.75 Å². The van der Waals surface area contributed by atoms with Crippen molar-refractivity contribution in [2.24, 2.45) is 0 Å². The standard InChI is InChI=1S/C14H23NO2/c1-5-11(6-2)15(4)12-7-8-13(10(3)16)14(17)9-12/h7-11,16-17H,5-6H2,1-4H3. The number of phenolic OH excluding ortho intramolecular Hbond substituents is 1. The third kappa shape index (κ3) is 3.13. The topological polar surface area (TPSA) is 43.7 Å². The van der Waals surface area contributed by atoms with Crippen LogP contribution >= 0.6 is 0 Å². The molecule has 0 aliphatic carbocycles. The van der Waals surface area contributed by atoms with Crippen LogP contribution < -0.4 is 4.90 Å². The van der Waals surface area contributed by atoms with Crippen molar-refractivity contribution in [2.75, 3.05) is 11.9 Å². The van der Waals surface area contributed by atoms with E-state index < -0.39 is 6.10 Å². The third-order valence-electron chi connectivity index (χ3n) is 3.36. The summed E-state index contributed by atoms with van der Waals surface area (Å²) in [7, 11) is 2.04. The first-order chi connectivity index (χ1) is 8.01. The van der Waals surface area contributed by atoms with Crippen molar-refractivity contribution in [1.29, 1.82) is 0 Å². The number of benzene rings is 1. The molecular weight excluding hydrogens is 214 g/mol. The molecule has 0 heterocycles. The van der Waals surface area contributed by atoms with Crippen LogP contribution in [0.15, 0.2) is 18.2 Å². The molecule has 0 saturated carbocycles. The van der Waals surface area contributed by atoms with Gasteiger partial charge in [-0.15, -0.1) is 0 Å². The Balaban J connectivity index is 2.96. The molecular formula is C14H23NO2. The third-order valence-corrected chi connectivity index (χ3v) is 3.36. The maximum atomic E-state index is 9.85. The first-order valence-electron chi connectivity index (χ1n) is 6.25. The number of hydrogen-bond donors (Lipinski definition) is 2. The Labute approximate surface area is 104 Å². The van der Waals surface area contributed by atoms with Crippen LogP contribution in [0.25, 0.3) is 0 Å². The van der Waals surface area contributed by atoms with Gasteiger partial charge in [-0.3, -0.25) is 0 Å². The lowest BCUT2D eigenvalue weighted by Crippen LogP contribution is -2.30. The molecule has 1 aromatic carbocycles. The minimum Gasteiger partial charge on any atom is -0.507 e. The quantitative estimate of drug-likeness (QED) is 0.827. The number of nitrogens with zero attached hydrogens (tertiary/aromatic N) is 1. The molecule has 96 valence electrons. The van der Waals surface area contributed by atoms with Crippen LogP contribution in [0.2, 0.25) is 0 Å². The lowest BCUT2D eigenvalue weighted by atomic mass is 10.1. The fourth-order valence-electron chi connectivity index (χ4n) is 2.15. The Morgan fingerprint density at radius 2 is 1.82 bits per heavy atom. The summed E-state index contributed by atoms with van der Waals surface area (Å²) in [6.07, 6.45) is 1.51. The normalized spacial score (nSPS) is 12.8. The summed E-state index contributed by atoms with van der Waals surface area (Å²) in [4.78, 5) is 2.17. The highest BCUT2D eigenvalue weighted by Crippen LogP contribution is 2.29. The Morgan fingerprint density at radius 3 is 2.24 bits per heavy atom. The van der Waals surface area contributed by atoms with E-state index in [-0.39, 0.29) is 5.75 Å². The lowest BCUT2D eigenvalue weighted by molar-refractivity contribution is 0.195. The summed E-state index contributed by atoms with van der Waals surface area (Å²) < 4.78 is 0. The summed E-state index contributed by atoms with van der Waals surface area (Å²) in [6.45, 7) is 5.97. The predicted molar refractivity (Wildman–Crippen MR) is 71.5 cm³/mol. The molecule has 3 nitrogen and oxygen atoms in total. The van der Waals surface area contributed by atoms with Gasteiger partial charge in [-0.25, -0.2) is 0 Å². The fraction of sp³-hybridized carbons (Fsp3) is 0.571. The van der Waals surface area contributed by atoms with Crippen LogP contribution in [0.3, 0.4) is 0 Å². The summed E-state index contributed by atoms with van der Waals surface area (Å²) in [5.41, 5.74) is 1.56. The number of phenols is 1. The molecule has 1 aromatic rings. The van der Waals surface area contributed by atoms with Crippen molar-refractivity contribution in [2.45, 2.75) is 45.8 Å². The lowest BCUT2D eigenvalue weighted by Gasteiger charge is -2.28. The minimum atomic E-state index is -0.637. The maximum Gasteiger partial charge on any atom is 0.123 e. The first kappa shape index (κ1) is 13.8. The van der Waals surface area contributed by atoms with Gasteiger partial charge in [0.1, 0.15) is 5.75 Å². The van der Waals surface area contributed by atoms with E-state index >= 15 is 0 Å². The van der Waals surface area contributed by atoms with Gasteiger partial charge in [0.15, 0.2) is 0 Å². The molecule has 3 heteroatoms. The molecule has 2 N–H and O–H groups in total. The van der Waals surface area contributed by atoms with Gasteiger partial charge >= 0.3 is 0 Å². The van der Waals surface area contributed by atoms with Gasteiger partial charge in [0.05, 0.1) is 6.10 Å². The van der Waals surface area contributed by atoms with Crippen molar-refractivity contribution < 1.29 is 10.2 Å². The Bertz CT molecular complexity index is 359. The van der Waals surface area contributed by atoms with Crippen LogP contribution in [0.1, 0.15) is 45.3 Å². The van der Waals surface area contributed by atoms with Gasteiger partial charge in [0.25, 0.3) is 0 Å². The zero-order chi connectivity index (χ0) is 13.0. The summed E-state index contributed by atoms with van der Waals surface area (Å²) in [5.74, 6) is 0.162. The monoisotopic (exact) mass is 237 g/mol. The molecule has 0 aromatic heterocycles. The first-order valence-corrected chi connectivity index (χ1v) is 6.25. The Hall–Kier alpha value is -1.22. The van der Waals surface area contributed by atoms with Gasteiger partial charge < -0.3 is 15.1 Å². The van der Waals surface area contributed by atoms with E-state index in [4.69, 9.17) is 0 Å².